The van der Waals surface area contributed by atoms with Gasteiger partial charge in [-0.05, 0) is 126 Å². The monoisotopic (exact) mass is 636 g/mol. The lowest BCUT2D eigenvalue weighted by atomic mass is 9.44. The van der Waals surface area contributed by atoms with E-state index >= 15 is 0 Å². The molecule has 0 N–H and O–H groups in total. The Morgan fingerprint density at radius 1 is 0.780 bits per heavy atom. The number of hydrogen-bond acceptors (Lipinski definition) is 6. The minimum atomic E-state index is -0.111. The summed E-state index contributed by atoms with van der Waals surface area (Å²) < 4.78 is 12.4. The number of halogens is 1. The summed E-state index contributed by atoms with van der Waals surface area (Å²) >= 11 is 0. The number of likely N-dealkylation sites (tertiary alicyclic amines) is 2. The third-order valence-electron chi connectivity index (χ3n) is 13.1. The fourth-order valence-electron chi connectivity index (χ4n) is 11.4. The number of piperidine rings is 2. The third-order valence-corrected chi connectivity index (χ3v) is 13.1. The van der Waals surface area contributed by atoms with Crippen LogP contribution in [0.3, 0.4) is 0 Å². The summed E-state index contributed by atoms with van der Waals surface area (Å²) in [5.41, 5.74) is 0.391. The molecule has 0 spiro atoms. The van der Waals surface area contributed by atoms with Crippen LogP contribution in [0.1, 0.15) is 111 Å². The van der Waals surface area contributed by atoms with Gasteiger partial charge in [-0.25, -0.2) is 0 Å². The lowest BCUT2D eigenvalue weighted by Crippen LogP contribution is -2.61. The Balaban J connectivity index is 0.00000337. The standard InChI is InChI=1S/C34H56N2O4.BrH/c1-23(37)39-31-20-26-11-12-27-28(34(26,4)21-30(31)36-17-9-6-10-18-36)13-14-33(3)29(27)19-25(32(33)40-24(2)38)22-35-15-7-5-8-16-35;/h25-32H,5-22H2,1-4H3;1H/t25-,26+,27-,28+,29+,30+,31+,32+,33+,34+;/m0./s1. The molecule has 0 aromatic heterocycles. The fraction of sp³-hybridized carbons (Fsp3) is 0.941. The first kappa shape index (κ1) is 31.8. The highest BCUT2D eigenvalue weighted by molar-refractivity contribution is 8.93. The Kier molecular flexibility index (Phi) is 9.88. The van der Waals surface area contributed by atoms with E-state index in [1.807, 2.05) is 0 Å². The van der Waals surface area contributed by atoms with Crippen molar-refractivity contribution in [3.63, 3.8) is 0 Å². The fourth-order valence-corrected chi connectivity index (χ4v) is 11.4. The smallest absolute Gasteiger partial charge is 0.302 e. The predicted octanol–water partition coefficient (Wildman–Crippen LogP) is 6.65. The zero-order chi connectivity index (χ0) is 28.1. The number of carbonyl (C=O) groups is 2. The van der Waals surface area contributed by atoms with Crippen LogP contribution < -0.4 is 0 Å². The molecule has 41 heavy (non-hydrogen) atoms. The minimum Gasteiger partial charge on any atom is -0.462 e. The molecule has 2 heterocycles. The molecular weight excluding hydrogens is 580 g/mol. The molecule has 4 aliphatic carbocycles. The van der Waals surface area contributed by atoms with Crippen LogP contribution in [0.4, 0.5) is 0 Å². The number of ether oxygens (including phenoxy) is 2. The molecule has 6 nitrogen and oxygen atoms in total. The van der Waals surface area contributed by atoms with Crippen molar-refractivity contribution in [2.45, 2.75) is 129 Å². The van der Waals surface area contributed by atoms with Gasteiger partial charge in [0.1, 0.15) is 12.2 Å². The highest BCUT2D eigenvalue weighted by Crippen LogP contribution is 2.67. The second kappa shape index (κ2) is 12.8. The number of nitrogens with zero attached hydrogens (tertiary/aromatic N) is 2. The van der Waals surface area contributed by atoms with Gasteiger partial charge in [0.25, 0.3) is 0 Å². The van der Waals surface area contributed by atoms with Crippen molar-refractivity contribution in [3.05, 3.63) is 0 Å². The molecule has 0 amide bonds. The normalized spacial score (nSPS) is 45.0. The highest BCUT2D eigenvalue weighted by atomic mass is 79.9. The molecule has 2 saturated heterocycles. The van der Waals surface area contributed by atoms with Gasteiger partial charge in [-0.15, -0.1) is 17.0 Å². The van der Waals surface area contributed by atoms with Crippen molar-refractivity contribution in [1.29, 1.82) is 0 Å². The first-order chi connectivity index (χ1) is 19.2. The van der Waals surface area contributed by atoms with E-state index in [2.05, 4.69) is 23.6 Å². The molecule has 6 aliphatic rings. The van der Waals surface area contributed by atoms with E-state index in [-0.39, 0.29) is 46.5 Å². The van der Waals surface area contributed by atoms with E-state index < -0.39 is 0 Å². The molecule has 7 heteroatoms. The van der Waals surface area contributed by atoms with Crippen molar-refractivity contribution in [3.8, 4) is 0 Å². The van der Waals surface area contributed by atoms with Crippen LogP contribution >= 0.6 is 17.0 Å². The van der Waals surface area contributed by atoms with Crippen molar-refractivity contribution in [2.75, 3.05) is 32.7 Å². The molecule has 4 saturated carbocycles. The number of carbonyl (C=O) groups excluding carboxylic acids is 2. The maximum absolute atomic E-state index is 12.4. The number of rotatable bonds is 5. The van der Waals surface area contributed by atoms with Gasteiger partial charge in [-0.1, -0.05) is 26.7 Å². The van der Waals surface area contributed by atoms with Crippen LogP contribution in [0.25, 0.3) is 0 Å². The van der Waals surface area contributed by atoms with E-state index in [1.165, 1.54) is 90.1 Å². The van der Waals surface area contributed by atoms with Crippen LogP contribution in [0.5, 0.6) is 0 Å². The Labute approximate surface area is 259 Å². The molecule has 10 atom stereocenters. The summed E-state index contributed by atoms with van der Waals surface area (Å²) in [6, 6.07) is 0.363. The van der Waals surface area contributed by atoms with E-state index in [0.717, 1.165) is 37.9 Å². The van der Waals surface area contributed by atoms with Crippen molar-refractivity contribution in [1.82, 2.24) is 9.80 Å². The number of hydrogen-bond donors (Lipinski definition) is 0. The molecule has 0 aromatic rings. The van der Waals surface area contributed by atoms with Gasteiger partial charge >= 0.3 is 11.9 Å². The average molecular weight is 638 g/mol. The van der Waals surface area contributed by atoms with Crippen LogP contribution in [-0.4, -0.2) is 72.7 Å². The first-order valence-corrected chi connectivity index (χ1v) is 17.0. The second-order valence-electron chi connectivity index (χ2n) is 15.3. The zero-order valence-corrected chi connectivity index (χ0v) is 28.0. The summed E-state index contributed by atoms with van der Waals surface area (Å²) in [4.78, 5) is 29.9. The van der Waals surface area contributed by atoms with E-state index in [4.69, 9.17) is 9.47 Å². The molecule has 0 radical (unpaired) electrons. The SMILES string of the molecule is Br.CC(=O)O[C@@H]1[C@H](CN2CCCCC2)C[C@@H]2[C@H]3CC[C@@H]4C[C@@H](OC(C)=O)[C@H](N5CCCCC5)C[C@@]4(C)[C@@H]3CC[C@]21C. The molecule has 6 fully saturated rings. The summed E-state index contributed by atoms with van der Waals surface area (Å²) in [7, 11) is 0. The zero-order valence-electron chi connectivity index (χ0n) is 26.3. The molecule has 234 valence electrons. The van der Waals surface area contributed by atoms with Crippen molar-refractivity contribution in [2.24, 2.45) is 40.4 Å². The Hall–Kier alpha value is -0.660. The molecule has 6 rings (SSSR count). The van der Waals surface area contributed by atoms with Gasteiger partial charge in [-0.3, -0.25) is 14.5 Å². The quantitative estimate of drug-likeness (QED) is 0.315. The highest BCUT2D eigenvalue weighted by Gasteiger charge is 2.64. The van der Waals surface area contributed by atoms with Crippen LogP contribution in [0.2, 0.25) is 0 Å². The molecular formula is C34H57BrN2O4. The van der Waals surface area contributed by atoms with Gasteiger partial charge in [0.05, 0.1) is 0 Å². The summed E-state index contributed by atoms with van der Waals surface area (Å²) in [6.45, 7) is 14.1. The van der Waals surface area contributed by atoms with Gasteiger partial charge in [0, 0.05) is 37.8 Å². The molecule has 2 aliphatic heterocycles. The van der Waals surface area contributed by atoms with Crippen molar-refractivity contribution >= 4 is 28.9 Å². The summed E-state index contributed by atoms with van der Waals surface area (Å²) in [5, 5.41) is 0. The van der Waals surface area contributed by atoms with E-state index in [0.29, 0.717) is 29.2 Å². The Morgan fingerprint density at radius 3 is 2.10 bits per heavy atom. The Bertz CT molecular complexity index is 936. The molecule has 0 bridgehead atoms. The number of esters is 2. The van der Waals surface area contributed by atoms with Gasteiger partial charge in [0.15, 0.2) is 0 Å². The lowest BCUT2D eigenvalue weighted by molar-refractivity contribution is -0.180. The largest absolute Gasteiger partial charge is 0.462 e. The van der Waals surface area contributed by atoms with Gasteiger partial charge in [-0.2, -0.15) is 0 Å². The van der Waals surface area contributed by atoms with Crippen LogP contribution in [0.15, 0.2) is 0 Å². The van der Waals surface area contributed by atoms with E-state index in [9.17, 15) is 9.59 Å². The number of fused-ring (bicyclic) bond motifs is 5. The maximum Gasteiger partial charge on any atom is 0.302 e. The topological polar surface area (TPSA) is 59.1 Å². The third kappa shape index (κ3) is 6.03. The first-order valence-electron chi connectivity index (χ1n) is 17.0. The maximum atomic E-state index is 12.4. The summed E-state index contributed by atoms with van der Waals surface area (Å²) in [5.74, 6) is 2.97. The van der Waals surface area contributed by atoms with Crippen molar-refractivity contribution < 1.29 is 19.1 Å². The van der Waals surface area contributed by atoms with Gasteiger partial charge in [0.2, 0.25) is 0 Å². The van der Waals surface area contributed by atoms with Gasteiger partial charge < -0.3 is 14.4 Å². The van der Waals surface area contributed by atoms with Crippen LogP contribution in [0, 0.1) is 40.4 Å². The summed E-state index contributed by atoms with van der Waals surface area (Å²) in [6.07, 6.45) is 16.4. The molecule has 0 aromatic carbocycles. The predicted molar refractivity (Wildman–Crippen MR) is 167 cm³/mol. The average Bonchev–Trinajstić information content (AvgIpc) is 3.20. The molecule has 0 unspecified atom stereocenters. The second-order valence-corrected chi connectivity index (χ2v) is 15.3. The van der Waals surface area contributed by atoms with E-state index in [1.54, 1.807) is 13.8 Å². The Morgan fingerprint density at radius 2 is 1.44 bits per heavy atom. The minimum absolute atomic E-state index is 0. The lowest BCUT2D eigenvalue weighted by Gasteiger charge is -2.62. The van der Waals surface area contributed by atoms with Crippen LogP contribution in [-0.2, 0) is 19.1 Å².